The van der Waals surface area contributed by atoms with Crippen molar-refractivity contribution in [3.63, 3.8) is 0 Å². The molecule has 0 radical (unpaired) electrons. The first-order chi connectivity index (χ1) is 9.76. The molecule has 0 aromatic heterocycles. The van der Waals surface area contributed by atoms with Crippen molar-refractivity contribution in [3.8, 4) is 5.75 Å². The Labute approximate surface area is 117 Å². The number of nitrogens with one attached hydrogen (secondary N) is 1. The molecule has 0 saturated carbocycles. The summed E-state index contributed by atoms with van der Waals surface area (Å²) in [5, 5.41) is 5.97. The van der Waals surface area contributed by atoms with Crippen molar-refractivity contribution in [2.24, 2.45) is 5.10 Å². The third-order valence-electron chi connectivity index (χ3n) is 2.78. The van der Waals surface area contributed by atoms with Crippen LogP contribution >= 0.6 is 0 Å². The van der Waals surface area contributed by atoms with Crippen LogP contribution in [0.1, 0.15) is 12.5 Å². The van der Waals surface area contributed by atoms with Crippen LogP contribution in [-0.4, -0.2) is 26.0 Å². The quantitative estimate of drug-likeness (QED) is 0.687. The molecule has 20 heavy (non-hydrogen) atoms. The first-order valence-electron chi connectivity index (χ1n) is 6.27. The van der Waals surface area contributed by atoms with Gasteiger partial charge in [-0.05, 0) is 23.8 Å². The number of hydrogen-bond donors (Lipinski definition) is 1. The molecule has 0 unspecified atom stereocenters. The summed E-state index contributed by atoms with van der Waals surface area (Å²) in [6.07, 6.45) is 0.973. The van der Waals surface area contributed by atoms with Gasteiger partial charge in [-0.25, -0.2) is 10.2 Å². The van der Waals surface area contributed by atoms with Crippen LogP contribution in [0.3, 0.4) is 0 Å². The van der Waals surface area contributed by atoms with Gasteiger partial charge in [-0.1, -0.05) is 30.3 Å². The number of carbonyl (C=O) groups is 1. The Morgan fingerprint density at radius 2 is 2.10 bits per heavy atom. The summed E-state index contributed by atoms with van der Waals surface area (Å²) in [5.74, 6) is 0.693. The standard InChI is InChI=1S/C15H16N2O3/c1-3-20-15(18)17-16-10-13-12-7-5-4-6-11(12)8-9-14(13)19-2/h4-10H,3H2,1-2H3,(H,17,18). The van der Waals surface area contributed by atoms with Crippen molar-refractivity contribution in [1.29, 1.82) is 0 Å². The normalized spacial score (nSPS) is 10.7. The molecule has 104 valence electrons. The van der Waals surface area contributed by atoms with Gasteiger partial charge in [0.1, 0.15) is 5.75 Å². The first kappa shape index (κ1) is 13.9. The van der Waals surface area contributed by atoms with Gasteiger partial charge in [0.25, 0.3) is 0 Å². The van der Waals surface area contributed by atoms with E-state index in [0.29, 0.717) is 12.4 Å². The second-order valence-corrected chi connectivity index (χ2v) is 3.99. The number of hydrazone groups is 1. The van der Waals surface area contributed by atoms with E-state index in [1.165, 1.54) is 0 Å². The lowest BCUT2D eigenvalue weighted by Gasteiger charge is -2.08. The Morgan fingerprint density at radius 3 is 2.85 bits per heavy atom. The van der Waals surface area contributed by atoms with Crippen LogP contribution in [0, 0.1) is 0 Å². The van der Waals surface area contributed by atoms with E-state index >= 15 is 0 Å². The SMILES string of the molecule is CCOC(=O)NN=Cc1c(OC)ccc2ccccc12. The van der Waals surface area contributed by atoms with Crippen LogP contribution in [0.15, 0.2) is 41.5 Å². The van der Waals surface area contributed by atoms with Gasteiger partial charge in [0.2, 0.25) is 0 Å². The zero-order chi connectivity index (χ0) is 14.4. The average Bonchev–Trinajstić information content (AvgIpc) is 2.47. The number of benzene rings is 2. The fourth-order valence-corrected chi connectivity index (χ4v) is 1.90. The Hall–Kier alpha value is -2.56. The Kier molecular flexibility index (Phi) is 4.55. The largest absolute Gasteiger partial charge is 0.496 e. The Bertz CT molecular complexity index is 638. The maximum Gasteiger partial charge on any atom is 0.427 e. The van der Waals surface area contributed by atoms with E-state index < -0.39 is 6.09 Å². The fourth-order valence-electron chi connectivity index (χ4n) is 1.90. The lowest BCUT2D eigenvalue weighted by Crippen LogP contribution is -2.18. The second-order valence-electron chi connectivity index (χ2n) is 3.99. The summed E-state index contributed by atoms with van der Waals surface area (Å²) in [6.45, 7) is 2.04. The number of fused-ring (bicyclic) bond motifs is 1. The molecule has 0 fully saturated rings. The van der Waals surface area contributed by atoms with Gasteiger partial charge in [-0.2, -0.15) is 5.10 Å². The number of carbonyl (C=O) groups excluding carboxylic acids is 1. The van der Waals surface area contributed by atoms with Crippen molar-refractivity contribution in [2.45, 2.75) is 6.92 Å². The van der Waals surface area contributed by atoms with Crippen molar-refractivity contribution >= 4 is 23.1 Å². The monoisotopic (exact) mass is 272 g/mol. The molecule has 0 bridgehead atoms. The molecule has 2 aromatic carbocycles. The maximum atomic E-state index is 11.2. The minimum absolute atomic E-state index is 0.305. The van der Waals surface area contributed by atoms with E-state index in [1.54, 1.807) is 20.2 Å². The molecule has 0 aliphatic carbocycles. The number of ether oxygens (including phenoxy) is 2. The minimum atomic E-state index is -0.581. The Balaban J connectivity index is 2.31. The lowest BCUT2D eigenvalue weighted by molar-refractivity contribution is 0.152. The van der Waals surface area contributed by atoms with Crippen LogP contribution in [0.25, 0.3) is 10.8 Å². The lowest BCUT2D eigenvalue weighted by atomic mass is 10.0. The highest BCUT2D eigenvalue weighted by Crippen LogP contribution is 2.26. The van der Waals surface area contributed by atoms with E-state index in [-0.39, 0.29) is 0 Å². The van der Waals surface area contributed by atoms with Crippen molar-refractivity contribution in [2.75, 3.05) is 13.7 Å². The number of methoxy groups -OCH3 is 1. The topological polar surface area (TPSA) is 59.9 Å². The highest BCUT2D eigenvalue weighted by molar-refractivity contribution is 6.02. The highest BCUT2D eigenvalue weighted by atomic mass is 16.5. The smallest absolute Gasteiger partial charge is 0.427 e. The van der Waals surface area contributed by atoms with Crippen molar-refractivity contribution in [3.05, 3.63) is 42.0 Å². The van der Waals surface area contributed by atoms with Gasteiger partial charge in [-0.15, -0.1) is 0 Å². The van der Waals surface area contributed by atoms with Crippen LogP contribution in [0.4, 0.5) is 4.79 Å². The summed E-state index contributed by atoms with van der Waals surface area (Å²) >= 11 is 0. The van der Waals surface area contributed by atoms with E-state index in [9.17, 15) is 4.79 Å². The molecule has 2 rings (SSSR count). The molecule has 5 heteroatoms. The number of hydrogen-bond acceptors (Lipinski definition) is 4. The van der Waals surface area contributed by atoms with Gasteiger partial charge >= 0.3 is 6.09 Å². The molecule has 0 spiro atoms. The highest BCUT2D eigenvalue weighted by Gasteiger charge is 2.06. The van der Waals surface area contributed by atoms with E-state index in [1.807, 2.05) is 36.4 Å². The first-order valence-corrected chi connectivity index (χ1v) is 6.27. The minimum Gasteiger partial charge on any atom is -0.496 e. The molecule has 5 nitrogen and oxygen atoms in total. The third kappa shape index (κ3) is 3.06. The van der Waals surface area contributed by atoms with Crippen molar-refractivity contribution in [1.82, 2.24) is 5.43 Å². The number of nitrogens with zero attached hydrogens (tertiary/aromatic N) is 1. The van der Waals surface area contributed by atoms with Gasteiger partial charge in [0.15, 0.2) is 0 Å². The molecule has 2 aromatic rings. The van der Waals surface area contributed by atoms with Gasteiger partial charge in [-0.3, -0.25) is 0 Å². The van der Waals surface area contributed by atoms with Crippen LogP contribution < -0.4 is 10.2 Å². The van der Waals surface area contributed by atoms with Crippen LogP contribution in [-0.2, 0) is 4.74 Å². The summed E-state index contributed by atoms with van der Waals surface area (Å²) in [4.78, 5) is 11.2. The van der Waals surface area contributed by atoms with Gasteiger partial charge in [0.05, 0.1) is 19.9 Å². The fraction of sp³-hybridized carbons (Fsp3) is 0.200. The third-order valence-corrected chi connectivity index (χ3v) is 2.78. The van der Waals surface area contributed by atoms with E-state index in [0.717, 1.165) is 16.3 Å². The van der Waals surface area contributed by atoms with Crippen LogP contribution in [0.2, 0.25) is 0 Å². The number of rotatable bonds is 4. The molecule has 0 aliphatic rings. The summed E-state index contributed by atoms with van der Waals surface area (Å²) in [7, 11) is 1.60. The zero-order valence-corrected chi connectivity index (χ0v) is 11.4. The van der Waals surface area contributed by atoms with Crippen LogP contribution in [0.5, 0.6) is 5.75 Å². The summed E-state index contributed by atoms with van der Waals surface area (Å²) in [6, 6.07) is 11.7. The average molecular weight is 272 g/mol. The molecule has 1 amide bonds. The number of amides is 1. The van der Waals surface area contributed by atoms with Crippen molar-refractivity contribution < 1.29 is 14.3 Å². The molecule has 0 saturated heterocycles. The molecular formula is C15H16N2O3. The second kappa shape index (κ2) is 6.56. The van der Waals surface area contributed by atoms with Gasteiger partial charge < -0.3 is 9.47 Å². The summed E-state index contributed by atoms with van der Waals surface area (Å²) in [5.41, 5.74) is 3.11. The summed E-state index contributed by atoms with van der Waals surface area (Å²) < 4.78 is 10.1. The van der Waals surface area contributed by atoms with E-state index in [4.69, 9.17) is 9.47 Å². The van der Waals surface area contributed by atoms with Gasteiger partial charge in [0, 0.05) is 5.56 Å². The van der Waals surface area contributed by atoms with E-state index in [2.05, 4.69) is 10.5 Å². The zero-order valence-electron chi connectivity index (χ0n) is 11.4. The molecule has 1 N–H and O–H groups in total. The molecule has 0 heterocycles. The predicted molar refractivity (Wildman–Crippen MR) is 78.3 cm³/mol. The molecular weight excluding hydrogens is 256 g/mol. The molecule has 0 aliphatic heterocycles. The maximum absolute atomic E-state index is 11.2. The molecule has 0 atom stereocenters. The Morgan fingerprint density at radius 1 is 1.30 bits per heavy atom. The predicted octanol–water partition coefficient (Wildman–Crippen LogP) is 2.93.